The molecule has 6 nitrogen and oxygen atoms in total. The number of aromatic nitrogens is 2. The molecule has 0 saturated carbocycles. The van der Waals surface area contributed by atoms with Crippen LogP contribution in [0.15, 0.2) is 51.7 Å². The Labute approximate surface area is 191 Å². The Hall–Kier alpha value is -3.54. The molecule has 2 aliphatic rings. The van der Waals surface area contributed by atoms with Crippen LogP contribution in [0.1, 0.15) is 47.7 Å². The Balaban J connectivity index is 1.67. The second-order valence-electron chi connectivity index (χ2n) is 9.75. The highest BCUT2D eigenvalue weighted by molar-refractivity contribution is 5.86. The third-order valence-corrected chi connectivity index (χ3v) is 7.15. The van der Waals surface area contributed by atoms with Gasteiger partial charge in [0.15, 0.2) is 0 Å². The van der Waals surface area contributed by atoms with Crippen LogP contribution in [0.4, 0.5) is 0 Å². The maximum absolute atomic E-state index is 12.4. The Kier molecular flexibility index (Phi) is 4.10. The van der Waals surface area contributed by atoms with Crippen LogP contribution in [0.25, 0.3) is 16.7 Å². The normalized spacial score (nSPS) is 20.4. The number of nitrogens with zero attached hydrogens (tertiary/aromatic N) is 2. The molecule has 0 fully saturated rings. The maximum Gasteiger partial charge on any atom is 0.336 e. The van der Waals surface area contributed by atoms with Gasteiger partial charge in [0.1, 0.15) is 16.9 Å². The van der Waals surface area contributed by atoms with Crippen LogP contribution < -0.4 is 15.1 Å². The highest BCUT2D eigenvalue weighted by Crippen LogP contribution is 2.55. The molecule has 2 atom stereocenters. The van der Waals surface area contributed by atoms with Crippen LogP contribution in [-0.4, -0.2) is 22.0 Å². The SMILES string of the molecule is Cc1ccc(-n2nc(C)c3c2OC(C)(C)[C@H]2COc4ccc5c(C)cc(=O)oc5c4[C@@H]32)cc1. The van der Waals surface area contributed by atoms with E-state index in [1.165, 1.54) is 11.6 Å². The summed E-state index contributed by atoms with van der Waals surface area (Å²) in [5.74, 6) is 1.45. The van der Waals surface area contributed by atoms with Crippen LogP contribution >= 0.6 is 0 Å². The molecule has 0 aliphatic carbocycles. The predicted molar refractivity (Wildman–Crippen MR) is 126 cm³/mol. The minimum absolute atomic E-state index is 0.0308. The molecule has 2 aromatic heterocycles. The number of benzene rings is 2. The molecule has 0 unspecified atom stereocenters. The molecule has 0 radical (unpaired) electrons. The molecular weight excluding hydrogens is 416 g/mol. The topological polar surface area (TPSA) is 66.5 Å². The lowest BCUT2D eigenvalue weighted by molar-refractivity contribution is -0.0184. The zero-order valence-corrected chi connectivity index (χ0v) is 19.4. The number of ether oxygens (including phenoxy) is 2. The van der Waals surface area contributed by atoms with Crippen LogP contribution in [0.3, 0.4) is 0 Å². The summed E-state index contributed by atoms with van der Waals surface area (Å²) < 4.78 is 20.5. The van der Waals surface area contributed by atoms with Crippen LogP contribution in [0.5, 0.6) is 11.6 Å². The largest absolute Gasteiger partial charge is 0.493 e. The van der Waals surface area contributed by atoms with Gasteiger partial charge in [-0.15, -0.1) is 0 Å². The second-order valence-corrected chi connectivity index (χ2v) is 9.75. The van der Waals surface area contributed by atoms with Gasteiger partial charge in [-0.05, 0) is 64.4 Å². The summed E-state index contributed by atoms with van der Waals surface area (Å²) in [6.07, 6.45) is 0. The first-order valence-electron chi connectivity index (χ1n) is 11.3. The van der Waals surface area contributed by atoms with Gasteiger partial charge in [0.25, 0.3) is 0 Å². The van der Waals surface area contributed by atoms with Crippen molar-refractivity contribution in [3.63, 3.8) is 0 Å². The lowest BCUT2D eigenvalue weighted by atomic mass is 9.70. The van der Waals surface area contributed by atoms with Gasteiger partial charge >= 0.3 is 5.63 Å². The van der Waals surface area contributed by atoms with Crippen molar-refractivity contribution in [2.75, 3.05) is 6.61 Å². The summed E-state index contributed by atoms with van der Waals surface area (Å²) in [4.78, 5) is 12.4. The summed E-state index contributed by atoms with van der Waals surface area (Å²) >= 11 is 0. The summed E-state index contributed by atoms with van der Waals surface area (Å²) in [5.41, 5.74) is 5.60. The zero-order chi connectivity index (χ0) is 23.1. The van der Waals surface area contributed by atoms with Crippen molar-refractivity contribution in [2.24, 2.45) is 5.92 Å². The third-order valence-electron chi connectivity index (χ3n) is 7.15. The number of rotatable bonds is 1. The molecule has 4 aromatic rings. The Bertz CT molecular complexity index is 1480. The standard InChI is InChI=1S/C27H26N2O4/c1-14-6-8-17(9-7-14)29-26-22(16(3)28-29)23-19(27(4,5)33-26)13-31-20-11-10-18-15(2)12-21(30)32-25(18)24(20)23/h6-12,19,23H,13H2,1-5H3/t19-,23+/m0/s1. The highest BCUT2D eigenvalue weighted by Gasteiger charge is 2.51. The molecule has 6 rings (SSSR count). The highest BCUT2D eigenvalue weighted by atomic mass is 16.5. The molecule has 0 amide bonds. The van der Waals surface area contributed by atoms with Crippen LogP contribution in [-0.2, 0) is 0 Å². The van der Waals surface area contributed by atoms with Gasteiger partial charge in [-0.3, -0.25) is 0 Å². The van der Waals surface area contributed by atoms with Crippen molar-refractivity contribution in [2.45, 2.75) is 46.1 Å². The van der Waals surface area contributed by atoms with E-state index in [0.29, 0.717) is 12.2 Å². The average Bonchev–Trinajstić information content (AvgIpc) is 3.08. The van der Waals surface area contributed by atoms with Gasteiger partial charge < -0.3 is 13.9 Å². The fraction of sp³-hybridized carbons (Fsp3) is 0.333. The van der Waals surface area contributed by atoms with Crippen LogP contribution in [0, 0.1) is 26.7 Å². The molecule has 4 heterocycles. The van der Waals surface area contributed by atoms with Crippen molar-refractivity contribution in [1.82, 2.24) is 9.78 Å². The molecule has 2 aliphatic heterocycles. The van der Waals surface area contributed by atoms with E-state index < -0.39 is 5.60 Å². The van der Waals surface area contributed by atoms with Crippen LogP contribution in [0.2, 0.25) is 0 Å². The van der Waals surface area contributed by atoms with E-state index in [0.717, 1.165) is 45.1 Å². The number of fused-ring (bicyclic) bond motifs is 7. The van der Waals surface area contributed by atoms with Gasteiger partial charge in [-0.1, -0.05) is 17.7 Å². The molecule has 168 valence electrons. The first-order chi connectivity index (χ1) is 15.7. The van der Waals surface area contributed by atoms with Gasteiger partial charge in [0.2, 0.25) is 5.88 Å². The summed E-state index contributed by atoms with van der Waals surface area (Å²) in [5, 5.41) is 5.82. The number of hydrogen-bond donors (Lipinski definition) is 0. The quantitative estimate of drug-likeness (QED) is 0.378. The van der Waals surface area contributed by atoms with E-state index >= 15 is 0 Å². The van der Waals surface area contributed by atoms with Gasteiger partial charge in [0.05, 0.1) is 18.0 Å². The number of aryl methyl sites for hydroxylation is 3. The smallest absolute Gasteiger partial charge is 0.336 e. The number of hydrogen-bond acceptors (Lipinski definition) is 5. The summed E-state index contributed by atoms with van der Waals surface area (Å²) in [6.45, 7) is 10.7. The molecule has 0 bridgehead atoms. The zero-order valence-electron chi connectivity index (χ0n) is 19.4. The molecule has 0 spiro atoms. The van der Waals surface area contributed by atoms with Crippen molar-refractivity contribution in [1.29, 1.82) is 0 Å². The summed E-state index contributed by atoms with van der Waals surface area (Å²) in [7, 11) is 0. The fourth-order valence-electron chi connectivity index (χ4n) is 5.39. The first-order valence-corrected chi connectivity index (χ1v) is 11.3. The second kappa shape index (κ2) is 6.73. The lowest BCUT2D eigenvalue weighted by Gasteiger charge is -2.46. The van der Waals surface area contributed by atoms with Gasteiger partial charge in [0, 0.05) is 34.4 Å². The predicted octanol–water partition coefficient (Wildman–Crippen LogP) is 5.22. The molecule has 6 heteroatoms. The Morgan fingerprint density at radius 3 is 2.55 bits per heavy atom. The van der Waals surface area contributed by atoms with Crippen molar-refractivity contribution < 1.29 is 13.9 Å². The Morgan fingerprint density at radius 2 is 1.79 bits per heavy atom. The van der Waals surface area contributed by atoms with E-state index in [2.05, 4.69) is 45.0 Å². The van der Waals surface area contributed by atoms with E-state index in [4.69, 9.17) is 19.0 Å². The summed E-state index contributed by atoms with van der Waals surface area (Å²) in [6, 6.07) is 13.8. The lowest BCUT2D eigenvalue weighted by Crippen LogP contribution is -2.49. The van der Waals surface area contributed by atoms with Crippen molar-refractivity contribution >= 4 is 11.0 Å². The first kappa shape index (κ1) is 20.1. The molecule has 0 N–H and O–H groups in total. The minimum atomic E-state index is -0.517. The molecular formula is C27H26N2O4. The van der Waals surface area contributed by atoms with Gasteiger partial charge in [-0.2, -0.15) is 5.10 Å². The Morgan fingerprint density at radius 1 is 1.03 bits per heavy atom. The van der Waals surface area contributed by atoms with Gasteiger partial charge in [-0.25, -0.2) is 9.48 Å². The fourth-order valence-corrected chi connectivity index (χ4v) is 5.39. The van der Waals surface area contributed by atoms with E-state index in [1.54, 1.807) is 0 Å². The van der Waals surface area contributed by atoms with Crippen molar-refractivity contribution in [3.8, 4) is 17.3 Å². The molecule has 2 aromatic carbocycles. The van der Waals surface area contributed by atoms with E-state index in [9.17, 15) is 4.79 Å². The van der Waals surface area contributed by atoms with E-state index in [1.807, 2.05) is 30.7 Å². The maximum atomic E-state index is 12.4. The molecule has 33 heavy (non-hydrogen) atoms. The molecule has 0 saturated heterocycles. The third kappa shape index (κ3) is 2.86. The van der Waals surface area contributed by atoms with E-state index in [-0.39, 0.29) is 17.5 Å². The average molecular weight is 443 g/mol. The van der Waals surface area contributed by atoms with Crippen molar-refractivity contribution in [3.05, 3.63) is 80.8 Å². The monoisotopic (exact) mass is 442 g/mol. The minimum Gasteiger partial charge on any atom is -0.493 e.